The van der Waals surface area contributed by atoms with E-state index in [0.717, 1.165) is 57.2 Å². The normalized spacial score (nSPS) is 17.3. The highest BCUT2D eigenvalue weighted by molar-refractivity contribution is 5.81. The highest BCUT2D eigenvalue weighted by atomic mass is 16.5. The molecule has 0 saturated carbocycles. The molecule has 0 aromatic heterocycles. The third-order valence-electron chi connectivity index (χ3n) is 4.71. The minimum absolute atomic E-state index is 0.0577. The van der Waals surface area contributed by atoms with Crippen LogP contribution in [0.3, 0.4) is 0 Å². The second kappa shape index (κ2) is 10.8. The lowest BCUT2D eigenvalue weighted by molar-refractivity contribution is -0.133. The number of rotatable bonds is 8. The van der Waals surface area contributed by atoms with Gasteiger partial charge in [0.15, 0.2) is 5.96 Å². The van der Waals surface area contributed by atoms with Crippen molar-refractivity contribution in [1.29, 1.82) is 0 Å². The molecule has 6 nitrogen and oxygen atoms in total. The van der Waals surface area contributed by atoms with Gasteiger partial charge in [-0.2, -0.15) is 0 Å². The fourth-order valence-electron chi connectivity index (χ4n) is 3.26. The Kier molecular flexibility index (Phi) is 8.43. The van der Waals surface area contributed by atoms with E-state index in [-0.39, 0.29) is 17.9 Å². The smallest absolute Gasteiger partial charge is 0.225 e. The molecule has 1 heterocycles. The van der Waals surface area contributed by atoms with Gasteiger partial charge in [0.05, 0.1) is 7.11 Å². The van der Waals surface area contributed by atoms with Gasteiger partial charge in [-0.1, -0.05) is 26.0 Å². The number of guanidine groups is 1. The first-order chi connectivity index (χ1) is 13.0. The maximum Gasteiger partial charge on any atom is 0.225 e. The predicted octanol–water partition coefficient (Wildman–Crippen LogP) is 2.44. The Labute approximate surface area is 163 Å². The standard InChI is InChI=1S/C21H34N4O2/c1-5-22-21(24-18-11-13-25(15-18)20(26)16(2)3)23-12-7-9-17-8-6-10-19(14-17)27-4/h6,8,10,14,16,18H,5,7,9,11-13,15H2,1-4H3,(H2,22,23,24). The number of ether oxygens (including phenoxy) is 1. The summed E-state index contributed by atoms with van der Waals surface area (Å²) < 4.78 is 5.27. The third kappa shape index (κ3) is 6.77. The number of aliphatic imine (C=N–C) groups is 1. The molecule has 1 aliphatic heterocycles. The van der Waals surface area contributed by atoms with E-state index in [2.05, 4.69) is 29.7 Å². The summed E-state index contributed by atoms with van der Waals surface area (Å²) in [7, 11) is 1.69. The Morgan fingerprint density at radius 3 is 2.93 bits per heavy atom. The summed E-state index contributed by atoms with van der Waals surface area (Å²) in [6.45, 7) is 9.14. The molecule has 6 heteroatoms. The van der Waals surface area contributed by atoms with Crippen LogP contribution in [0.1, 0.15) is 39.2 Å². The molecular formula is C21H34N4O2. The number of carbonyl (C=O) groups excluding carboxylic acids is 1. The van der Waals surface area contributed by atoms with Crippen LogP contribution >= 0.6 is 0 Å². The molecule has 0 aliphatic carbocycles. The van der Waals surface area contributed by atoms with Crippen molar-refractivity contribution in [3.8, 4) is 5.75 Å². The second-order valence-electron chi connectivity index (χ2n) is 7.28. The number of hydrogen-bond acceptors (Lipinski definition) is 3. The van der Waals surface area contributed by atoms with E-state index in [1.165, 1.54) is 5.56 Å². The number of likely N-dealkylation sites (tertiary alicyclic amines) is 1. The number of aryl methyl sites for hydroxylation is 1. The Morgan fingerprint density at radius 2 is 2.22 bits per heavy atom. The summed E-state index contributed by atoms with van der Waals surface area (Å²) in [5.41, 5.74) is 1.26. The van der Waals surface area contributed by atoms with Crippen LogP contribution in [-0.2, 0) is 11.2 Å². The van der Waals surface area contributed by atoms with E-state index >= 15 is 0 Å². The fourth-order valence-corrected chi connectivity index (χ4v) is 3.26. The minimum Gasteiger partial charge on any atom is -0.497 e. The lowest BCUT2D eigenvalue weighted by atomic mass is 10.1. The van der Waals surface area contributed by atoms with Gasteiger partial charge in [0.2, 0.25) is 5.91 Å². The average Bonchev–Trinajstić information content (AvgIpc) is 3.13. The summed E-state index contributed by atoms with van der Waals surface area (Å²) >= 11 is 0. The van der Waals surface area contributed by atoms with Crippen LogP contribution in [0.5, 0.6) is 5.75 Å². The van der Waals surface area contributed by atoms with Gasteiger partial charge in [0.1, 0.15) is 5.75 Å². The zero-order valence-corrected chi connectivity index (χ0v) is 17.1. The van der Waals surface area contributed by atoms with E-state index < -0.39 is 0 Å². The highest BCUT2D eigenvalue weighted by Gasteiger charge is 2.27. The molecule has 2 rings (SSSR count). The molecule has 27 heavy (non-hydrogen) atoms. The summed E-state index contributed by atoms with van der Waals surface area (Å²) in [6.07, 6.45) is 2.92. The lowest BCUT2D eigenvalue weighted by Gasteiger charge is -2.20. The van der Waals surface area contributed by atoms with Crippen molar-refractivity contribution in [1.82, 2.24) is 15.5 Å². The number of benzene rings is 1. The highest BCUT2D eigenvalue weighted by Crippen LogP contribution is 2.14. The Bertz CT molecular complexity index is 630. The van der Waals surface area contributed by atoms with Gasteiger partial charge in [-0.05, 0) is 43.9 Å². The van der Waals surface area contributed by atoms with Crippen molar-refractivity contribution >= 4 is 11.9 Å². The molecule has 1 fully saturated rings. The summed E-state index contributed by atoms with van der Waals surface area (Å²) in [6, 6.07) is 8.45. The van der Waals surface area contributed by atoms with Crippen LogP contribution in [0.2, 0.25) is 0 Å². The van der Waals surface area contributed by atoms with Crippen molar-refractivity contribution in [2.24, 2.45) is 10.9 Å². The van der Waals surface area contributed by atoms with Gasteiger partial charge in [-0.15, -0.1) is 0 Å². The molecule has 1 saturated heterocycles. The third-order valence-corrected chi connectivity index (χ3v) is 4.71. The summed E-state index contributed by atoms with van der Waals surface area (Å²) in [5.74, 6) is 2.03. The van der Waals surface area contributed by atoms with Gasteiger partial charge >= 0.3 is 0 Å². The quantitative estimate of drug-likeness (QED) is 0.417. The van der Waals surface area contributed by atoms with Gasteiger partial charge in [0, 0.05) is 38.1 Å². The topological polar surface area (TPSA) is 66.0 Å². The van der Waals surface area contributed by atoms with Crippen LogP contribution in [-0.4, -0.2) is 56.1 Å². The van der Waals surface area contributed by atoms with Gasteiger partial charge < -0.3 is 20.3 Å². The number of hydrogen-bond donors (Lipinski definition) is 2. The van der Waals surface area contributed by atoms with Crippen LogP contribution in [0.15, 0.2) is 29.3 Å². The number of nitrogens with one attached hydrogen (secondary N) is 2. The predicted molar refractivity (Wildman–Crippen MR) is 110 cm³/mol. The van der Waals surface area contributed by atoms with E-state index in [1.54, 1.807) is 7.11 Å². The maximum atomic E-state index is 12.1. The first-order valence-electron chi connectivity index (χ1n) is 10.00. The van der Waals surface area contributed by atoms with E-state index in [1.807, 2.05) is 30.9 Å². The largest absolute Gasteiger partial charge is 0.497 e. The van der Waals surface area contributed by atoms with Gasteiger partial charge in [-0.25, -0.2) is 0 Å². The van der Waals surface area contributed by atoms with Crippen molar-refractivity contribution in [3.05, 3.63) is 29.8 Å². The molecule has 0 spiro atoms. The van der Waals surface area contributed by atoms with Crippen LogP contribution in [0.25, 0.3) is 0 Å². The van der Waals surface area contributed by atoms with E-state index in [4.69, 9.17) is 9.73 Å². The monoisotopic (exact) mass is 374 g/mol. The Balaban J connectivity index is 1.81. The zero-order chi connectivity index (χ0) is 19.6. The van der Waals surface area contributed by atoms with Crippen molar-refractivity contribution in [2.45, 2.75) is 46.1 Å². The van der Waals surface area contributed by atoms with Gasteiger partial charge in [0.25, 0.3) is 0 Å². The number of amides is 1. The number of nitrogens with zero attached hydrogens (tertiary/aromatic N) is 2. The Morgan fingerprint density at radius 1 is 1.41 bits per heavy atom. The van der Waals surface area contributed by atoms with Crippen molar-refractivity contribution in [3.63, 3.8) is 0 Å². The van der Waals surface area contributed by atoms with Crippen molar-refractivity contribution < 1.29 is 9.53 Å². The van der Waals surface area contributed by atoms with Gasteiger partial charge in [-0.3, -0.25) is 9.79 Å². The molecule has 1 aromatic rings. The fraction of sp³-hybridized carbons (Fsp3) is 0.619. The molecule has 2 N–H and O–H groups in total. The van der Waals surface area contributed by atoms with Crippen molar-refractivity contribution in [2.75, 3.05) is 33.3 Å². The van der Waals surface area contributed by atoms with E-state index in [9.17, 15) is 4.79 Å². The second-order valence-corrected chi connectivity index (χ2v) is 7.28. The maximum absolute atomic E-state index is 12.1. The molecule has 0 bridgehead atoms. The molecule has 1 amide bonds. The molecular weight excluding hydrogens is 340 g/mol. The van der Waals surface area contributed by atoms with Crippen LogP contribution in [0.4, 0.5) is 0 Å². The SMILES string of the molecule is CCNC(=NCCCc1cccc(OC)c1)NC1CCN(C(=O)C(C)C)C1. The minimum atomic E-state index is 0.0577. The molecule has 1 unspecified atom stereocenters. The Hall–Kier alpha value is -2.24. The van der Waals surface area contributed by atoms with Crippen LogP contribution in [0, 0.1) is 5.92 Å². The lowest BCUT2D eigenvalue weighted by Crippen LogP contribution is -2.45. The first-order valence-corrected chi connectivity index (χ1v) is 10.00. The molecule has 1 aromatic carbocycles. The molecule has 1 atom stereocenters. The molecule has 1 aliphatic rings. The van der Waals surface area contributed by atoms with E-state index in [0.29, 0.717) is 0 Å². The number of methoxy groups -OCH3 is 1. The zero-order valence-electron chi connectivity index (χ0n) is 17.1. The summed E-state index contributed by atoms with van der Waals surface area (Å²) in [5, 5.41) is 6.79. The van der Waals surface area contributed by atoms with Crippen LogP contribution < -0.4 is 15.4 Å². The average molecular weight is 375 g/mol. The summed E-state index contributed by atoms with van der Waals surface area (Å²) in [4.78, 5) is 18.8. The molecule has 0 radical (unpaired) electrons. The first kappa shape index (κ1) is 21.1. The molecule has 150 valence electrons. The number of carbonyl (C=O) groups is 1.